The molecule has 0 amide bonds. The molecule has 1 rings (SSSR count). The molecule has 0 N–H and O–H groups in total. The molecule has 64 valence electrons. The number of esters is 1. The molecule has 0 atom stereocenters. The maximum Gasteiger partial charge on any atom is 0.308 e. The van der Waals surface area contributed by atoms with E-state index in [9.17, 15) is 4.79 Å². The molecule has 0 unspecified atom stereocenters. The molecule has 1 aromatic rings. The van der Waals surface area contributed by atoms with Crippen LogP contribution in [-0.2, 0) is 4.79 Å². The van der Waals surface area contributed by atoms with Crippen molar-refractivity contribution in [3.8, 4) is 5.75 Å². The van der Waals surface area contributed by atoms with Gasteiger partial charge < -0.3 is 4.74 Å². The second-order valence-corrected chi connectivity index (χ2v) is 3.48. The summed E-state index contributed by atoms with van der Waals surface area (Å²) in [6.45, 7) is 1.31. The number of ether oxygens (including phenoxy) is 1. The molecule has 0 aliphatic heterocycles. The summed E-state index contributed by atoms with van der Waals surface area (Å²) in [5.74, 6) is -0.107. The zero-order valence-electron chi connectivity index (χ0n) is 6.17. The molecule has 0 aliphatic rings. The van der Waals surface area contributed by atoms with Gasteiger partial charge >= 0.3 is 5.97 Å². The highest BCUT2D eigenvalue weighted by atomic mass is 127. The van der Waals surface area contributed by atoms with Crippen LogP contribution in [0, 0.1) is 3.70 Å². The predicted molar refractivity (Wildman–Crippen MR) is 53.3 cm³/mol. The van der Waals surface area contributed by atoms with Crippen LogP contribution in [-0.4, -0.2) is 11.0 Å². The number of carbonyl (C=O) groups is 1. The Bertz CT molecular complexity index is 316. The van der Waals surface area contributed by atoms with Gasteiger partial charge in [-0.15, -0.1) is 0 Å². The fraction of sp³-hybridized carbons (Fsp3) is 0.143. The smallest absolute Gasteiger partial charge is 0.308 e. The summed E-state index contributed by atoms with van der Waals surface area (Å²) in [5.41, 5.74) is 0. The highest BCUT2D eigenvalue weighted by molar-refractivity contribution is 14.1. The van der Waals surface area contributed by atoms with Crippen molar-refractivity contribution >= 4 is 40.2 Å². The Hall–Kier alpha value is -0.360. The number of aromatic nitrogens is 1. The van der Waals surface area contributed by atoms with Gasteiger partial charge in [0, 0.05) is 6.92 Å². The minimum absolute atomic E-state index is 0.206. The van der Waals surface area contributed by atoms with Gasteiger partial charge in [0.05, 0.1) is 0 Å². The Morgan fingerprint density at radius 1 is 1.67 bits per heavy atom. The van der Waals surface area contributed by atoms with Crippen molar-refractivity contribution in [2.24, 2.45) is 0 Å². The van der Waals surface area contributed by atoms with Crippen molar-refractivity contribution in [1.29, 1.82) is 0 Å². The van der Waals surface area contributed by atoms with E-state index in [4.69, 9.17) is 16.3 Å². The van der Waals surface area contributed by atoms with Crippen LogP contribution in [0.15, 0.2) is 12.1 Å². The summed E-state index contributed by atoms with van der Waals surface area (Å²) in [6, 6.07) is 3.32. The van der Waals surface area contributed by atoms with Crippen LogP contribution in [0.4, 0.5) is 0 Å². The van der Waals surface area contributed by atoms with Gasteiger partial charge in [-0.3, -0.25) is 4.79 Å². The normalized spacial score (nSPS) is 9.58. The maximum absolute atomic E-state index is 10.5. The molecular weight excluding hydrogens is 292 g/mol. The first kappa shape index (κ1) is 9.73. The number of hydrogen-bond donors (Lipinski definition) is 0. The minimum Gasteiger partial charge on any atom is -0.423 e. The average Bonchev–Trinajstić information content (AvgIpc) is 1.94. The zero-order chi connectivity index (χ0) is 9.14. The molecule has 1 heterocycles. The van der Waals surface area contributed by atoms with E-state index in [1.807, 2.05) is 22.6 Å². The third-order valence-corrected chi connectivity index (χ3v) is 1.91. The summed E-state index contributed by atoms with van der Waals surface area (Å²) in [6.07, 6.45) is 0. The van der Waals surface area contributed by atoms with Gasteiger partial charge in [-0.25, -0.2) is 4.98 Å². The monoisotopic (exact) mass is 297 g/mol. The molecule has 0 saturated carbocycles. The highest BCUT2D eigenvalue weighted by Gasteiger charge is 2.05. The van der Waals surface area contributed by atoms with Crippen LogP contribution < -0.4 is 4.74 Å². The number of halogens is 2. The lowest BCUT2D eigenvalue weighted by atomic mass is 10.5. The van der Waals surface area contributed by atoms with Gasteiger partial charge in [0.15, 0.2) is 10.9 Å². The van der Waals surface area contributed by atoms with Crippen LogP contribution in [0.5, 0.6) is 5.75 Å². The lowest BCUT2D eigenvalue weighted by Gasteiger charge is -2.01. The number of carbonyl (C=O) groups excluding carboxylic acids is 1. The van der Waals surface area contributed by atoms with E-state index in [0.29, 0.717) is 5.75 Å². The van der Waals surface area contributed by atoms with Crippen molar-refractivity contribution in [2.45, 2.75) is 6.92 Å². The largest absolute Gasteiger partial charge is 0.423 e. The fourth-order valence-corrected chi connectivity index (χ4v) is 1.39. The Morgan fingerprint density at radius 3 is 2.83 bits per heavy atom. The van der Waals surface area contributed by atoms with Crippen LogP contribution in [0.3, 0.4) is 0 Å². The topological polar surface area (TPSA) is 39.2 Å². The molecule has 0 radical (unpaired) electrons. The zero-order valence-corrected chi connectivity index (χ0v) is 9.09. The molecular formula is C7H5ClINO2. The first-order valence-corrected chi connectivity index (χ1v) is 4.55. The second-order valence-electron chi connectivity index (χ2n) is 2.02. The Balaban J connectivity index is 2.93. The number of pyridine rings is 1. The number of hydrogen-bond acceptors (Lipinski definition) is 3. The Kier molecular flexibility index (Phi) is 3.28. The number of nitrogens with zero attached hydrogens (tertiary/aromatic N) is 1. The van der Waals surface area contributed by atoms with Gasteiger partial charge in [0.2, 0.25) is 0 Å². The Labute approximate surface area is 88.2 Å². The van der Waals surface area contributed by atoms with E-state index in [1.165, 1.54) is 6.92 Å². The summed E-state index contributed by atoms with van der Waals surface area (Å²) in [5, 5.41) is 0.206. The van der Waals surface area contributed by atoms with Gasteiger partial charge in [0.1, 0.15) is 3.70 Å². The third kappa shape index (κ3) is 2.60. The minimum atomic E-state index is -0.403. The lowest BCUT2D eigenvalue weighted by Crippen LogP contribution is -2.02. The summed E-state index contributed by atoms with van der Waals surface area (Å²) in [7, 11) is 0. The summed E-state index contributed by atoms with van der Waals surface area (Å²) >= 11 is 7.70. The second kappa shape index (κ2) is 4.04. The standard InChI is InChI=1S/C7H5ClINO2/c1-4(11)12-5-2-3-6(9)10-7(5)8/h2-3H,1H3. The van der Waals surface area contributed by atoms with E-state index >= 15 is 0 Å². The highest BCUT2D eigenvalue weighted by Crippen LogP contribution is 2.22. The SMILES string of the molecule is CC(=O)Oc1ccc(I)nc1Cl. The fourth-order valence-electron chi connectivity index (χ4n) is 0.630. The van der Waals surface area contributed by atoms with Gasteiger partial charge in [0.25, 0.3) is 0 Å². The van der Waals surface area contributed by atoms with E-state index in [-0.39, 0.29) is 5.15 Å². The van der Waals surface area contributed by atoms with Crippen molar-refractivity contribution in [1.82, 2.24) is 4.98 Å². The first-order chi connectivity index (χ1) is 5.59. The van der Waals surface area contributed by atoms with Crippen LogP contribution in [0.2, 0.25) is 5.15 Å². The van der Waals surface area contributed by atoms with Crippen molar-refractivity contribution in [3.63, 3.8) is 0 Å². The molecule has 0 bridgehead atoms. The molecule has 0 fully saturated rings. The van der Waals surface area contributed by atoms with E-state index in [1.54, 1.807) is 12.1 Å². The van der Waals surface area contributed by atoms with Crippen LogP contribution >= 0.6 is 34.2 Å². The first-order valence-electron chi connectivity index (χ1n) is 3.10. The van der Waals surface area contributed by atoms with Crippen LogP contribution in [0.25, 0.3) is 0 Å². The molecule has 0 saturated heterocycles. The molecule has 5 heteroatoms. The molecule has 1 aromatic heterocycles. The Morgan fingerprint density at radius 2 is 2.33 bits per heavy atom. The predicted octanol–water partition coefficient (Wildman–Crippen LogP) is 2.26. The van der Waals surface area contributed by atoms with Gasteiger partial charge in [-0.1, -0.05) is 11.6 Å². The van der Waals surface area contributed by atoms with Gasteiger partial charge in [-0.2, -0.15) is 0 Å². The maximum atomic E-state index is 10.5. The molecule has 0 aromatic carbocycles. The molecule has 0 aliphatic carbocycles. The van der Waals surface area contributed by atoms with Crippen molar-refractivity contribution < 1.29 is 9.53 Å². The van der Waals surface area contributed by atoms with Crippen molar-refractivity contribution in [2.75, 3.05) is 0 Å². The van der Waals surface area contributed by atoms with Crippen LogP contribution in [0.1, 0.15) is 6.92 Å². The molecule has 3 nitrogen and oxygen atoms in total. The lowest BCUT2D eigenvalue weighted by molar-refractivity contribution is -0.131. The van der Waals surface area contributed by atoms with Gasteiger partial charge in [-0.05, 0) is 34.7 Å². The number of rotatable bonds is 1. The summed E-state index contributed by atoms with van der Waals surface area (Å²) in [4.78, 5) is 14.4. The quantitative estimate of drug-likeness (QED) is 0.453. The van der Waals surface area contributed by atoms with Crippen molar-refractivity contribution in [3.05, 3.63) is 21.0 Å². The van der Waals surface area contributed by atoms with E-state index in [0.717, 1.165) is 3.70 Å². The average molecular weight is 297 g/mol. The third-order valence-electron chi connectivity index (χ3n) is 1.03. The van der Waals surface area contributed by atoms with E-state index in [2.05, 4.69) is 4.98 Å². The van der Waals surface area contributed by atoms with E-state index < -0.39 is 5.97 Å². The molecule has 12 heavy (non-hydrogen) atoms. The summed E-state index contributed by atoms with van der Waals surface area (Å²) < 4.78 is 5.52. The molecule has 0 spiro atoms.